The Bertz CT molecular complexity index is 291. The van der Waals surface area contributed by atoms with E-state index in [0.717, 1.165) is 25.9 Å². The minimum Gasteiger partial charge on any atom is -0.311 e. The molecule has 1 fully saturated rings. The van der Waals surface area contributed by atoms with Gasteiger partial charge in [0.25, 0.3) is 0 Å². The molecule has 0 aromatic rings. The molecule has 0 aromatic carbocycles. The number of alkyl halides is 3. The fourth-order valence-corrected chi connectivity index (χ4v) is 3.47. The lowest BCUT2D eigenvalue weighted by molar-refractivity contribution is -0.0333. The van der Waals surface area contributed by atoms with Crippen LogP contribution in [0.5, 0.6) is 0 Å². The zero-order valence-corrected chi connectivity index (χ0v) is 13.7. The van der Waals surface area contributed by atoms with E-state index >= 15 is 0 Å². The van der Waals surface area contributed by atoms with Crippen molar-refractivity contribution in [3.63, 3.8) is 0 Å². The number of nitrogens with zero attached hydrogens (tertiary/aromatic N) is 1. The number of hydrogen-bond donors (Lipinski definition) is 1. The van der Waals surface area contributed by atoms with Crippen molar-refractivity contribution in [3.8, 4) is 0 Å². The smallest absolute Gasteiger partial charge is 0.311 e. The molecular weight excluding hydrogens is 285 g/mol. The predicted octanol–water partition coefficient (Wildman–Crippen LogP) is 3.73. The molecule has 0 saturated carbocycles. The number of rotatable bonds is 6. The summed E-state index contributed by atoms with van der Waals surface area (Å²) in [6, 6.07) is 0.372. The number of thioether (sulfide) groups is 1. The van der Waals surface area contributed by atoms with Crippen molar-refractivity contribution in [2.75, 3.05) is 25.4 Å². The van der Waals surface area contributed by atoms with Gasteiger partial charge in [0.2, 0.25) is 0 Å². The molecule has 1 aliphatic heterocycles. The molecular formula is C14H27F3N2S. The molecule has 0 amide bonds. The summed E-state index contributed by atoms with van der Waals surface area (Å²) >= 11 is 0.0965. The molecule has 1 aliphatic rings. The van der Waals surface area contributed by atoms with Gasteiger partial charge in [0.05, 0.1) is 0 Å². The standard InChI is InChI=1S/C14H27F3N2S/c1-5-13(6-2)10-18-12(11(3)4)9-19(13)7-8-20-14(15,16)17/h11-12,18H,5-10H2,1-4H3. The highest BCUT2D eigenvalue weighted by molar-refractivity contribution is 8.00. The van der Waals surface area contributed by atoms with Crippen LogP contribution >= 0.6 is 11.8 Å². The Morgan fingerprint density at radius 2 is 1.90 bits per heavy atom. The molecule has 2 nitrogen and oxygen atoms in total. The molecule has 0 radical (unpaired) electrons. The van der Waals surface area contributed by atoms with Gasteiger partial charge in [-0.2, -0.15) is 13.2 Å². The van der Waals surface area contributed by atoms with E-state index in [1.54, 1.807) is 0 Å². The molecule has 1 heterocycles. The van der Waals surface area contributed by atoms with E-state index in [0.29, 0.717) is 18.5 Å². The van der Waals surface area contributed by atoms with Gasteiger partial charge in [-0.15, -0.1) is 0 Å². The van der Waals surface area contributed by atoms with Gasteiger partial charge < -0.3 is 5.32 Å². The Kier molecular flexibility index (Phi) is 6.67. The van der Waals surface area contributed by atoms with Crippen molar-refractivity contribution >= 4 is 11.8 Å². The van der Waals surface area contributed by atoms with E-state index in [9.17, 15) is 13.2 Å². The van der Waals surface area contributed by atoms with Crippen molar-refractivity contribution in [1.29, 1.82) is 0 Å². The summed E-state index contributed by atoms with van der Waals surface area (Å²) in [6.07, 6.45) is 1.94. The molecule has 1 atom stereocenters. The van der Waals surface area contributed by atoms with Crippen molar-refractivity contribution in [2.45, 2.75) is 57.6 Å². The average molecular weight is 312 g/mol. The third-order valence-corrected chi connectivity index (χ3v) is 5.24. The Labute approximate surface area is 124 Å². The predicted molar refractivity (Wildman–Crippen MR) is 80.0 cm³/mol. The highest BCUT2D eigenvalue weighted by Crippen LogP contribution is 2.32. The molecule has 0 spiro atoms. The maximum Gasteiger partial charge on any atom is 0.441 e. The lowest BCUT2D eigenvalue weighted by Gasteiger charge is -2.50. The van der Waals surface area contributed by atoms with Crippen molar-refractivity contribution in [2.24, 2.45) is 5.92 Å². The number of hydrogen-bond acceptors (Lipinski definition) is 3. The van der Waals surface area contributed by atoms with Crippen LogP contribution in [0.3, 0.4) is 0 Å². The fraction of sp³-hybridized carbons (Fsp3) is 1.00. The molecule has 1 saturated heterocycles. The zero-order chi connectivity index (χ0) is 15.4. The number of piperazine rings is 1. The minimum atomic E-state index is -4.12. The topological polar surface area (TPSA) is 15.3 Å². The van der Waals surface area contributed by atoms with Crippen LogP contribution in [0.2, 0.25) is 0 Å². The average Bonchev–Trinajstić information content (AvgIpc) is 2.37. The van der Waals surface area contributed by atoms with Gasteiger partial charge in [-0.3, -0.25) is 4.90 Å². The highest BCUT2D eigenvalue weighted by atomic mass is 32.2. The maximum atomic E-state index is 12.3. The molecule has 1 unspecified atom stereocenters. The van der Waals surface area contributed by atoms with E-state index in [1.165, 1.54) is 0 Å². The third-order valence-electron chi connectivity index (χ3n) is 4.53. The van der Waals surface area contributed by atoms with Crippen LogP contribution in [-0.4, -0.2) is 47.4 Å². The van der Waals surface area contributed by atoms with Crippen LogP contribution in [0.1, 0.15) is 40.5 Å². The summed E-state index contributed by atoms with van der Waals surface area (Å²) in [7, 11) is 0. The molecule has 1 N–H and O–H groups in total. The van der Waals surface area contributed by atoms with Gasteiger partial charge in [-0.25, -0.2) is 0 Å². The second kappa shape index (κ2) is 7.36. The first kappa shape index (κ1) is 18.1. The molecule has 0 bridgehead atoms. The fourth-order valence-electron chi connectivity index (χ4n) is 2.92. The summed E-state index contributed by atoms with van der Waals surface area (Å²) in [6.45, 7) is 10.8. The van der Waals surface area contributed by atoms with E-state index in [1.807, 2.05) is 0 Å². The van der Waals surface area contributed by atoms with Gasteiger partial charge in [0.1, 0.15) is 0 Å². The van der Waals surface area contributed by atoms with E-state index < -0.39 is 5.51 Å². The summed E-state index contributed by atoms with van der Waals surface area (Å²) in [4.78, 5) is 2.28. The zero-order valence-electron chi connectivity index (χ0n) is 12.9. The first-order chi connectivity index (χ1) is 9.24. The summed E-state index contributed by atoms with van der Waals surface area (Å²) in [5, 5.41) is 3.58. The lowest BCUT2D eigenvalue weighted by Crippen LogP contribution is -2.65. The van der Waals surface area contributed by atoms with Crippen LogP contribution in [0, 0.1) is 5.92 Å². The van der Waals surface area contributed by atoms with Crippen molar-refractivity contribution in [3.05, 3.63) is 0 Å². The Morgan fingerprint density at radius 1 is 1.30 bits per heavy atom. The van der Waals surface area contributed by atoms with Crippen LogP contribution < -0.4 is 5.32 Å². The van der Waals surface area contributed by atoms with Crippen molar-refractivity contribution < 1.29 is 13.2 Å². The normalized spacial score (nSPS) is 24.3. The summed E-state index contributed by atoms with van der Waals surface area (Å²) in [5.41, 5.74) is -4.11. The Hall–Kier alpha value is 0.0600. The van der Waals surface area contributed by atoms with Gasteiger partial charge in [0, 0.05) is 37.0 Å². The molecule has 0 aromatic heterocycles. The SMILES string of the molecule is CCC1(CC)CNC(C(C)C)CN1CCSC(F)(F)F. The van der Waals surface area contributed by atoms with Crippen molar-refractivity contribution in [1.82, 2.24) is 10.2 Å². The van der Waals surface area contributed by atoms with Gasteiger partial charge in [-0.1, -0.05) is 27.7 Å². The molecule has 6 heteroatoms. The van der Waals surface area contributed by atoms with Crippen LogP contribution in [0.4, 0.5) is 13.2 Å². The third kappa shape index (κ3) is 4.81. The van der Waals surface area contributed by atoms with Gasteiger partial charge >= 0.3 is 5.51 Å². The number of nitrogens with one attached hydrogen (secondary N) is 1. The summed E-state index contributed by atoms with van der Waals surface area (Å²) < 4.78 is 36.9. The second-order valence-corrected chi connectivity index (χ2v) is 7.06. The first-order valence-electron chi connectivity index (χ1n) is 7.43. The molecule has 0 aliphatic carbocycles. The molecule has 20 heavy (non-hydrogen) atoms. The van der Waals surface area contributed by atoms with Crippen LogP contribution in [0.15, 0.2) is 0 Å². The van der Waals surface area contributed by atoms with Gasteiger partial charge in [0.15, 0.2) is 0 Å². The summed E-state index contributed by atoms with van der Waals surface area (Å²) in [5.74, 6) is 0.621. The molecule has 1 rings (SSSR count). The minimum absolute atomic E-state index is 0.0115. The lowest BCUT2D eigenvalue weighted by atomic mass is 9.85. The monoisotopic (exact) mass is 312 g/mol. The van der Waals surface area contributed by atoms with E-state index in [2.05, 4.69) is 37.9 Å². The van der Waals surface area contributed by atoms with Gasteiger partial charge in [-0.05, 0) is 30.5 Å². The van der Waals surface area contributed by atoms with E-state index in [4.69, 9.17) is 0 Å². The Balaban J connectivity index is 2.67. The number of halogens is 3. The quantitative estimate of drug-likeness (QED) is 0.804. The van der Waals surface area contributed by atoms with Crippen LogP contribution in [0.25, 0.3) is 0 Å². The Morgan fingerprint density at radius 3 is 2.35 bits per heavy atom. The highest BCUT2D eigenvalue weighted by Gasteiger charge is 2.39. The van der Waals surface area contributed by atoms with Crippen LogP contribution in [-0.2, 0) is 0 Å². The van der Waals surface area contributed by atoms with E-state index in [-0.39, 0.29) is 23.1 Å². The maximum absolute atomic E-state index is 12.3. The second-order valence-electron chi connectivity index (χ2n) is 5.90. The largest absolute Gasteiger partial charge is 0.441 e. The molecule has 120 valence electrons. The first-order valence-corrected chi connectivity index (χ1v) is 8.41.